The molecule has 0 spiro atoms. The summed E-state index contributed by atoms with van der Waals surface area (Å²) in [6, 6.07) is 30.8. The van der Waals surface area contributed by atoms with E-state index in [0.29, 0.717) is 48.3 Å². The third-order valence-electron chi connectivity index (χ3n) is 7.73. The Balaban J connectivity index is 1.46. The Hall–Kier alpha value is -4.83. The molecule has 0 saturated carbocycles. The molecule has 0 aromatic heterocycles. The summed E-state index contributed by atoms with van der Waals surface area (Å²) in [5.74, 6) is 1.74. The van der Waals surface area contributed by atoms with E-state index >= 15 is 0 Å². The van der Waals surface area contributed by atoms with Gasteiger partial charge in [-0.15, -0.1) is 0 Å². The van der Waals surface area contributed by atoms with Crippen LogP contribution in [0.3, 0.4) is 0 Å². The SMILES string of the molecule is [N-]=[N+]=NCc1ccccc1C[C@@]1(C(=O)NCCSCc2ccc(F)cc2)N=C(c2ccc(OCCCO)cc2)O[C@@H]1c1ccccc1. The number of benzene rings is 4. The van der Waals surface area contributed by atoms with Gasteiger partial charge in [-0.25, -0.2) is 9.38 Å². The van der Waals surface area contributed by atoms with Gasteiger partial charge < -0.3 is 19.9 Å². The molecule has 1 amide bonds. The molecular weight excluding hydrogens is 617 g/mol. The number of halogens is 1. The molecule has 11 heteroatoms. The number of nitrogens with one attached hydrogen (secondary N) is 1. The van der Waals surface area contributed by atoms with E-state index in [1.165, 1.54) is 12.1 Å². The second-order valence-corrected chi connectivity index (χ2v) is 12.1. The van der Waals surface area contributed by atoms with Crippen molar-refractivity contribution in [3.63, 3.8) is 0 Å². The summed E-state index contributed by atoms with van der Waals surface area (Å²) in [7, 11) is 0. The fourth-order valence-corrected chi connectivity index (χ4v) is 6.17. The lowest BCUT2D eigenvalue weighted by Gasteiger charge is -2.31. The molecule has 0 bridgehead atoms. The zero-order chi connectivity index (χ0) is 32.9. The van der Waals surface area contributed by atoms with E-state index < -0.39 is 11.6 Å². The first-order chi connectivity index (χ1) is 23.0. The number of rotatable bonds is 16. The minimum absolute atomic E-state index is 0.0483. The lowest BCUT2D eigenvalue weighted by atomic mass is 9.81. The monoisotopic (exact) mass is 653 g/mol. The number of aliphatic imine (C=N–C) groups is 1. The number of amides is 1. The maximum atomic E-state index is 14.5. The second kappa shape index (κ2) is 16.6. The molecule has 2 atom stereocenters. The fraction of sp³-hybridized carbons (Fsp3) is 0.278. The minimum Gasteiger partial charge on any atom is -0.494 e. The molecule has 4 aromatic rings. The summed E-state index contributed by atoms with van der Waals surface area (Å²) in [5, 5.41) is 16.0. The van der Waals surface area contributed by atoms with Crippen molar-refractivity contribution < 1.29 is 23.8 Å². The van der Waals surface area contributed by atoms with E-state index in [4.69, 9.17) is 25.1 Å². The standard InChI is InChI=1S/C36H36FN5O4S/c37-31-15-11-26(12-16-31)25-47-22-19-39-35(44)36(23-29-9-4-5-10-30(29)24-40-42-38)33(27-7-2-1-3-8-27)46-34(41-36)28-13-17-32(18-14-28)45-21-6-20-43/h1-5,7-18,33,43H,6,19-25H2,(H,39,44)/t33-,36-/m1/s1. The van der Waals surface area contributed by atoms with Crippen LogP contribution in [0.2, 0.25) is 0 Å². The maximum absolute atomic E-state index is 14.5. The van der Waals surface area contributed by atoms with Gasteiger partial charge in [0, 0.05) is 48.0 Å². The van der Waals surface area contributed by atoms with E-state index in [1.807, 2.05) is 78.9 Å². The highest BCUT2D eigenvalue weighted by Crippen LogP contribution is 2.43. The number of carbonyl (C=O) groups is 1. The van der Waals surface area contributed by atoms with Crippen molar-refractivity contribution in [3.05, 3.63) is 147 Å². The van der Waals surface area contributed by atoms with E-state index in [9.17, 15) is 9.18 Å². The first kappa shape index (κ1) is 33.5. The number of nitrogens with zero attached hydrogens (tertiary/aromatic N) is 4. The van der Waals surface area contributed by atoms with Crippen LogP contribution in [-0.2, 0) is 28.2 Å². The number of thioether (sulfide) groups is 1. The summed E-state index contributed by atoms with van der Waals surface area (Å²) in [5.41, 5.74) is 11.7. The first-order valence-corrected chi connectivity index (χ1v) is 16.5. The maximum Gasteiger partial charge on any atom is 0.252 e. The predicted octanol–water partition coefficient (Wildman–Crippen LogP) is 6.95. The van der Waals surface area contributed by atoms with Gasteiger partial charge in [-0.05, 0) is 64.2 Å². The Morgan fingerprint density at radius 2 is 1.74 bits per heavy atom. The zero-order valence-corrected chi connectivity index (χ0v) is 26.6. The summed E-state index contributed by atoms with van der Waals surface area (Å²) in [6.45, 7) is 0.964. The Labute approximate surface area is 277 Å². The van der Waals surface area contributed by atoms with Gasteiger partial charge in [0.05, 0.1) is 13.2 Å². The largest absolute Gasteiger partial charge is 0.494 e. The average molecular weight is 654 g/mol. The molecule has 1 heterocycles. The lowest BCUT2D eigenvalue weighted by molar-refractivity contribution is -0.128. The third-order valence-corrected chi connectivity index (χ3v) is 8.76. The Bertz CT molecular complexity index is 1700. The highest BCUT2D eigenvalue weighted by Gasteiger charge is 2.53. The van der Waals surface area contributed by atoms with Crippen molar-refractivity contribution in [2.24, 2.45) is 10.1 Å². The van der Waals surface area contributed by atoms with Crippen LogP contribution >= 0.6 is 11.8 Å². The second-order valence-electron chi connectivity index (χ2n) is 11.0. The van der Waals surface area contributed by atoms with Gasteiger partial charge in [0.1, 0.15) is 11.6 Å². The third kappa shape index (κ3) is 8.71. The van der Waals surface area contributed by atoms with Gasteiger partial charge in [-0.2, -0.15) is 11.8 Å². The van der Waals surface area contributed by atoms with Crippen molar-refractivity contribution in [2.45, 2.75) is 36.8 Å². The normalized spacial score (nSPS) is 16.9. The molecule has 5 rings (SSSR count). The first-order valence-electron chi connectivity index (χ1n) is 15.4. The fourth-order valence-electron chi connectivity index (χ4n) is 5.35. The number of hydrogen-bond donors (Lipinski definition) is 2. The molecule has 9 nitrogen and oxygen atoms in total. The molecule has 0 aliphatic carbocycles. The van der Waals surface area contributed by atoms with Crippen LogP contribution in [0.15, 0.2) is 113 Å². The average Bonchev–Trinajstić information content (AvgIpc) is 3.49. The molecule has 1 aliphatic rings. The van der Waals surface area contributed by atoms with Gasteiger partial charge in [0.15, 0.2) is 11.6 Å². The van der Waals surface area contributed by atoms with Crippen molar-refractivity contribution in [3.8, 4) is 5.75 Å². The molecule has 242 valence electrons. The highest BCUT2D eigenvalue weighted by molar-refractivity contribution is 7.98. The number of carbonyl (C=O) groups excluding carboxylic acids is 1. The molecule has 2 N–H and O–H groups in total. The Morgan fingerprint density at radius 1 is 1.02 bits per heavy atom. The smallest absolute Gasteiger partial charge is 0.252 e. The molecule has 0 unspecified atom stereocenters. The van der Waals surface area contributed by atoms with E-state index in [1.54, 1.807) is 23.9 Å². The van der Waals surface area contributed by atoms with Crippen LogP contribution in [-0.4, -0.2) is 48.0 Å². The summed E-state index contributed by atoms with van der Waals surface area (Å²) >= 11 is 1.64. The van der Waals surface area contributed by atoms with E-state index in [2.05, 4.69) is 15.3 Å². The van der Waals surface area contributed by atoms with Gasteiger partial charge in [-0.3, -0.25) is 4.79 Å². The zero-order valence-electron chi connectivity index (χ0n) is 25.8. The van der Waals surface area contributed by atoms with E-state index in [0.717, 1.165) is 22.3 Å². The van der Waals surface area contributed by atoms with Crippen LogP contribution in [0.25, 0.3) is 10.4 Å². The quantitative estimate of drug-likeness (QED) is 0.0586. The highest BCUT2D eigenvalue weighted by atomic mass is 32.2. The summed E-state index contributed by atoms with van der Waals surface area (Å²) in [6.07, 6.45) is -0.0252. The number of ether oxygens (including phenoxy) is 2. The molecule has 47 heavy (non-hydrogen) atoms. The van der Waals surface area contributed by atoms with Gasteiger partial charge in [0.2, 0.25) is 5.90 Å². The lowest BCUT2D eigenvalue weighted by Crippen LogP contribution is -2.50. The van der Waals surface area contributed by atoms with Crippen LogP contribution in [0.1, 0.15) is 40.3 Å². The van der Waals surface area contributed by atoms with Crippen molar-refractivity contribution >= 4 is 23.6 Å². The summed E-state index contributed by atoms with van der Waals surface area (Å²) in [4.78, 5) is 22.5. The van der Waals surface area contributed by atoms with Crippen molar-refractivity contribution in [1.82, 2.24) is 5.32 Å². The Kier molecular flexibility index (Phi) is 11.9. The molecular formula is C36H36FN5O4S. The molecule has 0 saturated heterocycles. The van der Waals surface area contributed by atoms with Crippen LogP contribution in [0.5, 0.6) is 5.75 Å². The van der Waals surface area contributed by atoms with Crippen LogP contribution < -0.4 is 10.1 Å². The summed E-state index contributed by atoms with van der Waals surface area (Å²) < 4.78 is 25.6. The van der Waals surface area contributed by atoms with Crippen LogP contribution in [0, 0.1) is 5.82 Å². The molecule has 4 aromatic carbocycles. The molecule has 0 fully saturated rings. The van der Waals surface area contributed by atoms with Gasteiger partial charge >= 0.3 is 0 Å². The van der Waals surface area contributed by atoms with Crippen molar-refractivity contribution in [1.29, 1.82) is 0 Å². The number of aliphatic hydroxyl groups is 1. The van der Waals surface area contributed by atoms with E-state index in [-0.39, 0.29) is 31.3 Å². The number of aliphatic hydroxyl groups excluding tert-OH is 1. The predicted molar refractivity (Wildman–Crippen MR) is 182 cm³/mol. The molecule has 1 aliphatic heterocycles. The van der Waals surface area contributed by atoms with Crippen LogP contribution in [0.4, 0.5) is 4.39 Å². The topological polar surface area (TPSA) is 129 Å². The number of azide groups is 1. The number of hydrogen-bond acceptors (Lipinski definition) is 7. The Morgan fingerprint density at radius 3 is 2.47 bits per heavy atom. The van der Waals surface area contributed by atoms with Crippen molar-refractivity contribution in [2.75, 3.05) is 25.5 Å². The van der Waals surface area contributed by atoms with Gasteiger partial charge in [0.25, 0.3) is 5.91 Å². The van der Waals surface area contributed by atoms with Gasteiger partial charge in [-0.1, -0.05) is 71.8 Å². The minimum atomic E-state index is -1.39. The molecule has 0 radical (unpaired) electrons.